The molecule has 0 amide bonds. The maximum Gasteiger partial charge on any atom is 0.210 e. The van der Waals surface area contributed by atoms with Crippen molar-refractivity contribution in [2.75, 3.05) is 0 Å². The third-order valence-corrected chi connectivity index (χ3v) is 5.22. The average molecular weight is 373 g/mol. The van der Waals surface area contributed by atoms with E-state index in [0.717, 1.165) is 27.8 Å². The second-order valence-corrected chi connectivity index (χ2v) is 6.98. The van der Waals surface area contributed by atoms with E-state index in [1.54, 1.807) is 0 Å². The molecule has 0 aliphatic heterocycles. The van der Waals surface area contributed by atoms with E-state index >= 15 is 0 Å². The van der Waals surface area contributed by atoms with Crippen molar-refractivity contribution in [3.8, 4) is 22.3 Å². The van der Waals surface area contributed by atoms with Crippen LogP contribution in [0.4, 0.5) is 0 Å². The molecule has 0 unspecified atom stereocenters. The van der Waals surface area contributed by atoms with Gasteiger partial charge >= 0.3 is 0 Å². The van der Waals surface area contributed by atoms with Gasteiger partial charge in [0.15, 0.2) is 0 Å². The number of carbonyl (C=O) groups is 1. The molecule has 0 aliphatic carbocycles. The van der Waals surface area contributed by atoms with Crippen molar-refractivity contribution in [2.45, 2.75) is 0 Å². The summed E-state index contributed by atoms with van der Waals surface area (Å²) < 4.78 is 2.03. The van der Waals surface area contributed by atoms with E-state index in [1.807, 2.05) is 89.5 Å². The Bertz CT molecular complexity index is 1290. The normalized spacial score (nSPS) is 10.9. The number of hydrogen-bond donors (Lipinski definition) is 0. The summed E-state index contributed by atoms with van der Waals surface area (Å²) in [5, 5.41) is 0. The van der Waals surface area contributed by atoms with Crippen molar-refractivity contribution < 1.29 is 4.79 Å². The second kappa shape index (κ2) is 7.25. The van der Waals surface area contributed by atoms with Crippen molar-refractivity contribution in [1.82, 2.24) is 4.40 Å². The Morgan fingerprint density at radius 1 is 0.552 bits per heavy atom. The zero-order valence-electron chi connectivity index (χ0n) is 15.8. The summed E-state index contributed by atoms with van der Waals surface area (Å²) in [7, 11) is 0. The average Bonchev–Trinajstić information content (AvgIpc) is 3.15. The maximum atomic E-state index is 13.7. The summed E-state index contributed by atoms with van der Waals surface area (Å²) in [6, 6.07) is 36.0. The van der Waals surface area contributed by atoms with Gasteiger partial charge in [-0.1, -0.05) is 97.1 Å². The molecule has 2 nitrogen and oxygen atoms in total. The van der Waals surface area contributed by atoms with Crippen LogP contribution in [-0.4, -0.2) is 10.2 Å². The van der Waals surface area contributed by atoms with E-state index in [0.29, 0.717) is 11.3 Å². The van der Waals surface area contributed by atoms with Crippen LogP contribution < -0.4 is 0 Å². The molecule has 2 heteroatoms. The van der Waals surface area contributed by atoms with Crippen molar-refractivity contribution in [3.63, 3.8) is 0 Å². The number of carbonyl (C=O) groups excluding carboxylic acids is 1. The Hall–Kier alpha value is -3.91. The highest BCUT2D eigenvalue weighted by Gasteiger charge is 2.25. The molecule has 0 saturated heterocycles. The van der Waals surface area contributed by atoms with E-state index in [9.17, 15) is 4.79 Å². The van der Waals surface area contributed by atoms with Gasteiger partial charge in [-0.3, -0.25) is 4.79 Å². The van der Waals surface area contributed by atoms with Crippen LogP contribution in [0.25, 0.3) is 27.8 Å². The first-order valence-corrected chi connectivity index (χ1v) is 9.68. The first kappa shape index (κ1) is 17.2. The third kappa shape index (κ3) is 2.95. The van der Waals surface area contributed by atoms with E-state index in [1.165, 1.54) is 0 Å². The van der Waals surface area contributed by atoms with Crippen LogP contribution in [0.2, 0.25) is 0 Å². The molecule has 0 saturated carbocycles. The van der Waals surface area contributed by atoms with Gasteiger partial charge in [0.2, 0.25) is 5.78 Å². The molecule has 0 atom stereocenters. The fourth-order valence-electron chi connectivity index (χ4n) is 3.94. The van der Waals surface area contributed by atoms with Gasteiger partial charge in [-0.05, 0) is 23.3 Å². The van der Waals surface area contributed by atoms with Crippen LogP contribution in [-0.2, 0) is 0 Å². The molecule has 5 aromatic rings. The molecule has 0 bridgehead atoms. The summed E-state index contributed by atoms with van der Waals surface area (Å²) in [5.74, 6) is 0.0211. The highest BCUT2D eigenvalue weighted by molar-refractivity contribution is 6.16. The Balaban J connectivity index is 1.91. The molecule has 0 radical (unpaired) electrons. The second-order valence-electron chi connectivity index (χ2n) is 6.98. The minimum Gasteiger partial charge on any atom is -0.312 e. The number of pyridine rings is 1. The van der Waals surface area contributed by atoms with Crippen LogP contribution in [0.3, 0.4) is 0 Å². The van der Waals surface area contributed by atoms with Gasteiger partial charge in [-0.2, -0.15) is 0 Å². The van der Waals surface area contributed by atoms with E-state index in [4.69, 9.17) is 0 Å². The Labute approximate surface area is 169 Å². The Morgan fingerprint density at radius 3 is 1.69 bits per heavy atom. The molecule has 2 aromatic heterocycles. The monoisotopic (exact) mass is 373 g/mol. The molecule has 5 rings (SSSR count). The van der Waals surface area contributed by atoms with Gasteiger partial charge in [0, 0.05) is 22.9 Å². The SMILES string of the molecule is O=C(c1ccccc1)c1c(-c2ccccc2)c(-c2ccccc2)c2ccccn12. The van der Waals surface area contributed by atoms with E-state index in [-0.39, 0.29) is 5.78 Å². The summed E-state index contributed by atoms with van der Waals surface area (Å²) in [4.78, 5) is 13.7. The summed E-state index contributed by atoms with van der Waals surface area (Å²) in [6.07, 6.45) is 1.98. The van der Waals surface area contributed by atoms with E-state index in [2.05, 4.69) is 30.3 Å². The first-order valence-electron chi connectivity index (χ1n) is 9.68. The van der Waals surface area contributed by atoms with Crippen molar-refractivity contribution in [1.29, 1.82) is 0 Å². The molecule has 0 N–H and O–H groups in total. The highest BCUT2D eigenvalue weighted by atomic mass is 16.1. The lowest BCUT2D eigenvalue weighted by molar-refractivity contribution is 0.103. The minimum atomic E-state index is 0.0211. The number of hydrogen-bond acceptors (Lipinski definition) is 1. The van der Waals surface area contributed by atoms with Crippen LogP contribution in [0.5, 0.6) is 0 Å². The lowest BCUT2D eigenvalue weighted by atomic mass is 9.93. The van der Waals surface area contributed by atoms with Gasteiger partial charge in [-0.25, -0.2) is 0 Å². The number of benzene rings is 3. The summed E-state index contributed by atoms with van der Waals surface area (Å²) in [6.45, 7) is 0. The summed E-state index contributed by atoms with van der Waals surface area (Å²) in [5.41, 5.74) is 6.59. The number of nitrogens with zero attached hydrogens (tertiary/aromatic N) is 1. The zero-order chi connectivity index (χ0) is 19.6. The number of fused-ring (bicyclic) bond motifs is 1. The fourth-order valence-corrected chi connectivity index (χ4v) is 3.94. The lowest BCUT2D eigenvalue weighted by Gasteiger charge is -2.09. The standard InChI is InChI=1S/C27H19NO/c29-27(22-16-8-3-9-17-22)26-25(21-14-6-2-7-15-21)24(20-12-4-1-5-13-20)23-18-10-11-19-28(23)26/h1-19H. The summed E-state index contributed by atoms with van der Waals surface area (Å²) >= 11 is 0. The van der Waals surface area contributed by atoms with Crippen LogP contribution >= 0.6 is 0 Å². The molecular formula is C27H19NO. The highest BCUT2D eigenvalue weighted by Crippen LogP contribution is 2.41. The lowest BCUT2D eigenvalue weighted by Crippen LogP contribution is -2.06. The predicted octanol–water partition coefficient (Wildman–Crippen LogP) is 6.50. The van der Waals surface area contributed by atoms with Crippen molar-refractivity contribution >= 4 is 11.3 Å². The molecule has 2 heterocycles. The van der Waals surface area contributed by atoms with Gasteiger partial charge in [0.05, 0.1) is 5.52 Å². The molecule has 29 heavy (non-hydrogen) atoms. The molecule has 0 spiro atoms. The fraction of sp³-hybridized carbons (Fsp3) is 0. The molecule has 0 fully saturated rings. The van der Waals surface area contributed by atoms with Crippen LogP contribution in [0.1, 0.15) is 16.1 Å². The van der Waals surface area contributed by atoms with Crippen LogP contribution in [0.15, 0.2) is 115 Å². The predicted molar refractivity (Wildman–Crippen MR) is 118 cm³/mol. The smallest absolute Gasteiger partial charge is 0.210 e. The zero-order valence-corrected chi connectivity index (χ0v) is 15.8. The number of rotatable bonds is 4. The molecule has 138 valence electrons. The quantitative estimate of drug-likeness (QED) is 0.329. The topological polar surface area (TPSA) is 21.5 Å². The number of ketones is 1. The van der Waals surface area contributed by atoms with Crippen LogP contribution in [0, 0.1) is 0 Å². The van der Waals surface area contributed by atoms with Gasteiger partial charge in [-0.15, -0.1) is 0 Å². The molecule has 0 aliphatic rings. The Kier molecular flexibility index (Phi) is 4.30. The maximum absolute atomic E-state index is 13.7. The van der Waals surface area contributed by atoms with Crippen molar-refractivity contribution in [3.05, 3.63) is 127 Å². The number of aromatic nitrogens is 1. The third-order valence-electron chi connectivity index (χ3n) is 5.22. The van der Waals surface area contributed by atoms with Crippen molar-refractivity contribution in [2.24, 2.45) is 0 Å². The minimum absolute atomic E-state index is 0.0211. The van der Waals surface area contributed by atoms with E-state index < -0.39 is 0 Å². The molecular weight excluding hydrogens is 354 g/mol. The largest absolute Gasteiger partial charge is 0.312 e. The first-order chi connectivity index (χ1) is 14.3. The molecule has 3 aromatic carbocycles. The van der Waals surface area contributed by atoms with Gasteiger partial charge in [0.1, 0.15) is 5.69 Å². The van der Waals surface area contributed by atoms with Gasteiger partial charge < -0.3 is 4.40 Å². The Morgan fingerprint density at radius 2 is 1.07 bits per heavy atom. The van der Waals surface area contributed by atoms with Gasteiger partial charge in [0.25, 0.3) is 0 Å².